The number of carbonyl (C=O) groups is 1. The Morgan fingerprint density at radius 2 is 2.38 bits per heavy atom. The molecule has 2 fully saturated rings. The number of hydrogen-bond donors (Lipinski definition) is 1. The largest absolute Gasteiger partial charge is 0.340 e. The first-order chi connectivity index (χ1) is 10.1. The van der Waals surface area contributed by atoms with Crippen LogP contribution in [0, 0.1) is 5.92 Å². The van der Waals surface area contributed by atoms with Crippen LogP contribution in [-0.2, 0) is 11.3 Å². The summed E-state index contributed by atoms with van der Waals surface area (Å²) in [6.07, 6.45) is 2.56. The van der Waals surface area contributed by atoms with Crippen molar-refractivity contribution in [3.8, 4) is 0 Å². The summed E-state index contributed by atoms with van der Waals surface area (Å²) in [6, 6.07) is 4.47. The summed E-state index contributed by atoms with van der Waals surface area (Å²) in [5.41, 5.74) is 0. The summed E-state index contributed by atoms with van der Waals surface area (Å²) in [5, 5.41) is 3.58. The minimum absolute atomic E-state index is 0.193. The Morgan fingerprint density at radius 3 is 3.10 bits per heavy atom. The van der Waals surface area contributed by atoms with Crippen LogP contribution in [-0.4, -0.2) is 55.0 Å². The molecule has 1 aromatic heterocycles. The van der Waals surface area contributed by atoms with E-state index in [0.717, 1.165) is 34.8 Å². The molecule has 0 unspecified atom stereocenters. The first-order valence-electron chi connectivity index (χ1n) is 7.56. The lowest BCUT2D eigenvalue weighted by Gasteiger charge is -2.24. The number of likely N-dealkylation sites (N-methyl/N-ethyl adjacent to an activating group) is 1. The molecular weight excluding hydrogens is 306 g/mol. The minimum Gasteiger partial charge on any atom is -0.340 e. The molecule has 0 radical (unpaired) electrons. The number of amides is 1. The number of hydrogen-bond acceptors (Lipinski definition) is 4. The highest BCUT2D eigenvalue weighted by atomic mass is 35.5. The lowest BCUT2D eigenvalue weighted by molar-refractivity contribution is -0.131. The van der Waals surface area contributed by atoms with Crippen LogP contribution in [0.25, 0.3) is 0 Å². The van der Waals surface area contributed by atoms with E-state index in [1.165, 1.54) is 12.8 Å². The topological polar surface area (TPSA) is 35.6 Å². The van der Waals surface area contributed by atoms with E-state index in [-0.39, 0.29) is 5.91 Å². The van der Waals surface area contributed by atoms with Crippen LogP contribution in [0.3, 0.4) is 0 Å². The third-order valence-electron chi connectivity index (χ3n) is 4.48. The molecular formula is C15H22ClN3OS. The number of carbonyl (C=O) groups excluding carboxylic acids is 1. The number of rotatable bonds is 4. The molecule has 2 aliphatic heterocycles. The molecule has 0 aliphatic carbocycles. The molecule has 116 valence electrons. The van der Waals surface area contributed by atoms with Crippen LogP contribution in [0.2, 0.25) is 4.34 Å². The maximum absolute atomic E-state index is 12.4. The van der Waals surface area contributed by atoms with E-state index >= 15 is 0 Å². The van der Waals surface area contributed by atoms with Crippen LogP contribution in [0.1, 0.15) is 17.7 Å². The lowest BCUT2D eigenvalue weighted by atomic mass is 9.94. The first-order valence-corrected chi connectivity index (χ1v) is 8.75. The van der Waals surface area contributed by atoms with Gasteiger partial charge in [0.25, 0.3) is 0 Å². The lowest BCUT2D eigenvalue weighted by Crippen LogP contribution is -2.41. The molecule has 0 bridgehead atoms. The summed E-state index contributed by atoms with van der Waals surface area (Å²) in [5.74, 6) is 0.922. The van der Waals surface area contributed by atoms with Crippen molar-refractivity contribution in [3.05, 3.63) is 21.3 Å². The molecule has 2 aliphatic rings. The highest BCUT2D eigenvalue weighted by Crippen LogP contribution is 2.25. The number of piperidine rings is 1. The molecule has 2 atom stereocenters. The standard InChI is InChI=1S/C15H22ClN3OS/c1-18(8-12-4-5-14(16)21-12)15(20)10-19-7-11-3-2-6-17-13(11)9-19/h4-5,11,13,17H,2-3,6-10H2,1H3/t11-,13+/m0/s1. The van der Waals surface area contributed by atoms with Crippen molar-refractivity contribution >= 4 is 28.8 Å². The predicted molar refractivity (Wildman–Crippen MR) is 86.8 cm³/mol. The fraction of sp³-hybridized carbons (Fsp3) is 0.667. The van der Waals surface area contributed by atoms with E-state index in [1.807, 2.05) is 19.2 Å². The zero-order chi connectivity index (χ0) is 14.8. The SMILES string of the molecule is CN(Cc1ccc(Cl)s1)C(=O)CN1C[C@@H]2CCCN[C@@H]2C1. The second kappa shape index (κ2) is 6.65. The monoisotopic (exact) mass is 327 g/mol. The second-order valence-corrected chi connectivity index (χ2v) is 7.91. The fourth-order valence-corrected chi connectivity index (χ4v) is 4.48. The molecule has 0 saturated carbocycles. The van der Waals surface area contributed by atoms with Gasteiger partial charge in [0.15, 0.2) is 0 Å². The van der Waals surface area contributed by atoms with Gasteiger partial charge in [-0.05, 0) is 37.4 Å². The van der Waals surface area contributed by atoms with E-state index in [1.54, 1.807) is 16.2 Å². The van der Waals surface area contributed by atoms with Gasteiger partial charge in [0.1, 0.15) is 0 Å². The van der Waals surface area contributed by atoms with Gasteiger partial charge in [0, 0.05) is 31.1 Å². The van der Waals surface area contributed by atoms with Crippen molar-refractivity contribution in [2.24, 2.45) is 5.92 Å². The van der Waals surface area contributed by atoms with Crippen LogP contribution in [0.15, 0.2) is 12.1 Å². The van der Waals surface area contributed by atoms with Gasteiger partial charge >= 0.3 is 0 Å². The summed E-state index contributed by atoms with van der Waals surface area (Å²) < 4.78 is 0.778. The van der Waals surface area contributed by atoms with E-state index in [9.17, 15) is 4.79 Å². The van der Waals surface area contributed by atoms with Gasteiger partial charge < -0.3 is 10.2 Å². The van der Waals surface area contributed by atoms with Crippen LogP contribution < -0.4 is 5.32 Å². The number of likely N-dealkylation sites (tertiary alicyclic amines) is 1. The molecule has 1 amide bonds. The molecule has 1 N–H and O–H groups in total. The quantitative estimate of drug-likeness (QED) is 0.919. The van der Waals surface area contributed by atoms with E-state index in [4.69, 9.17) is 11.6 Å². The van der Waals surface area contributed by atoms with Crippen molar-refractivity contribution in [2.75, 3.05) is 33.2 Å². The predicted octanol–water partition coefficient (Wildman–Crippen LogP) is 2.04. The molecule has 3 heterocycles. The third kappa shape index (κ3) is 3.77. The molecule has 1 aromatic rings. The first kappa shape index (κ1) is 15.3. The third-order valence-corrected chi connectivity index (χ3v) is 5.70. The molecule has 0 spiro atoms. The van der Waals surface area contributed by atoms with E-state index in [2.05, 4.69) is 10.2 Å². The Labute approximate surface area is 135 Å². The Kier molecular flexibility index (Phi) is 4.84. The zero-order valence-electron chi connectivity index (χ0n) is 12.3. The Morgan fingerprint density at radius 1 is 1.52 bits per heavy atom. The van der Waals surface area contributed by atoms with Gasteiger partial charge in [-0.15, -0.1) is 11.3 Å². The van der Waals surface area contributed by atoms with E-state index in [0.29, 0.717) is 19.1 Å². The van der Waals surface area contributed by atoms with Crippen LogP contribution >= 0.6 is 22.9 Å². The maximum Gasteiger partial charge on any atom is 0.236 e. The van der Waals surface area contributed by atoms with Crippen molar-refractivity contribution < 1.29 is 4.79 Å². The number of nitrogens with zero attached hydrogens (tertiary/aromatic N) is 2. The van der Waals surface area contributed by atoms with Gasteiger partial charge in [-0.3, -0.25) is 9.69 Å². The van der Waals surface area contributed by atoms with Gasteiger partial charge in [-0.2, -0.15) is 0 Å². The highest BCUT2D eigenvalue weighted by molar-refractivity contribution is 7.16. The highest BCUT2D eigenvalue weighted by Gasteiger charge is 2.35. The summed E-state index contributed by atoms with van der Waals surface area (Å²) in [6.45, 7) is 4.37. The summed E-state index contributed by atoms with van der Waals surface area (Å²) >= 11 is 7.47. The molecule has 21 heavy (non-hydrogen) atoms. The average molecular weight is 328 g/mol. The van der Waals surface area contributed by atoms with Gasteiger partial charge in [0.2, 0.25) is 5.91 Å². The zero-order valence-corrected chi connectivity index (χ0v) is 13.9. The average Bonchev–Trinajstić information content (AvgIpc) is 3.04. The molecule has 3 rings (SSSR count). The molecule has 6 heteroatoms. The molecule has 4 nitrogen and oxygen atoms in total. The molecule has 0 aromatic carbocycles. The Balaban J connectivity index is 1.49. The molecule has 2 saturated heterocycles. The number of halogens is 1. The Hall–Kier alpha value is -0.620. The van der Waals surface area contributed by atoms with Crippen LogP contribution in [0.4, 0.5) is 0 Å². The summed E-state index contributed by atoms with van der Waals surface area (Å²) in [7, 11) is 1.87. The van der Waals surface area contributed by atoms with Gasteiger partial charge in [-0.1, -0.05) is 11.6 Å². The smallest absolute Gasteiger partial charge is 0.236 e. The van der Waals surface area contributed by atoms with Crippen molar-refractivity contribution in [1.29, 1.82) is 0 Å². The van der Waals surface area contributed by atoms with Crippen molar-refractivity contribution in [3.63, 3.8) is 0 Å². The number of nitrogens with one attached hydrogen (secondary N) is 1. The number of fused-ring (bicyclic) bond motifs is 1. The fourth-order valence-electron chi connectivity index (χ4n) is 3.34. The normalized spacial score (nSPS) is 25.8. The van der Waals surface area contributed by atoms with Gasteiger partial charge in [-0.25, -0.2) is 0 Å². The van der Waals surface area contributed by atoms with Crippen molar-refractivity contribution in [2.45, 2.75) is 25.4 Å². The maximum atomic E-state index is 12.4. The second-order valence-electron chi connectivity index (χ2n) is 6.11. The number of thiophene rings is 1. The van der Waals surface area contributed by atoms with Gasteiger partial charge in [0.05, 0.1) is 17.4 Å². The minimum atomic E-state index is 0.193. The Bertz CT molecular complexity index is 493. The van der Waals surface area contributed by atoms with Crippen LogP contribution in [0.5, 0.6) is 0 Å². The van der Waals surface area contributed by atoms with Crippen molar-refractivity contribution in [1.82, 2.24) is 15.1 Å². The summed E-state index contributed by atoms with van der Waals surface area (Å²) in [4.78, 5) is 17.6. The van der Waals surface area contributed by atoms with E-state index < -0.39 is 0 Å².